The Balaban J connectivity index is 1.44. The number of piperazine rings is 1. The molecule has 1 aliphatic heterocycles. The molecule has 0 N–H and O–H groups in total. The van der Waals surface area contributed by atoms with E-state index in [1.165, 1.54) is 11.3 Å². The first kappa shape index (κ1) is 18.4. The van der Waals surface area contributed by atoms with Crippen molar-refractivity contribution in [2.45, 2.75) is 0 Å². The smallest absolute Gasteiger partial charge is 0.260 e. The number of hydrogen-bond donors (Lipinski definition) is 0. The number of nitrogens with zero attached hydrogens (tertiary/aromatic N) is 2. The summed E-state index contributed by atoms with van der Waals surface area (Å²) in [5.74, 6) is 1.25. The molecule has 6 nitrogen and oxygen atoms in total. The van der Waals surface area contributed by atoms with E-state index in [4.69, 9.17) is 9.47 Å². The number of methoxy groups -OCH3 is 1. The van der Waals surface area contributed by atoms with E-state index in [1.807, 2.05) is 29.6 Å². The third kappa shape index (κ3) is 4.62. The van der Waals surface area contributed by atoms with Crippen molar-refractivity contribution >= 4 is 23.0 Å². The molecule has 0 spiro atoms. The summed E-state index contributed by atoms with van der Waals surface area (Å²) < 4.78 is 10.8. The maximum absolute atomic E-state index is 12.4. The Kier molecular flexibility index (Phi) is 6.25. The minimum atomic E-state index is -0.0554. The second-order valence-electron chi connectivity index (χ2n) is 6.00. The number of amides is 1. The van der Waals surface area contributed by atoms with Crippen LogP contribution in [-0.4, -0.2) is 67.9 Å². The summed E-state index contributed by atoms with van der Waals surface area (Å²) in [5.41, 5.74) is 0. The van der Waals surface area contributed by atoms with E-state index >= 15 is 0 Å². The Labute approximate surface area is 156 Å². The van der Waals surface area contributed by atoms with E-state index in [0.29, 0.717) is 44.2 Å². The first-order chi connectivity index (χ1) is 12.7. The predicted octanol–water partition coefficient (Wildman–Crippen LogP) is 2.16. The van der Waals surface area contributed by atoms with Gasteiger partial charge in [-0.25, -0.2) is 0 Å². The molecule has 2 heterocycles. The van der Waals surface area contributed by atoms with Gasteiger partial charge in [0.1, 0.15) is 0 Å². The number of rotatable bonds is 7. The van der Waals surface area contributed by atoms with Crippen molar-refractivity contribution in [2.75, 3.05) is 46.4 Å². The van der Waals surface area contributed by atoms with Crippen molar-refractivity contribution in [1.82, 2.24) is 9.80 Å². The summed E-state index contributed by atoms with van der Waals surface area (Å²) in [4.78, 5) is 29.2. The van der Waals surface area contributed by atoms with Gasteiger partial charge in [0.05, 0.1) is 18.5 Å². The molecule has 1 aromatic carbocycles. The summed E-state index contributed by atoms with van der Waals surface area (Å²) in [7, 11) is 1.57. The number of thiophene rings is 1. The van der Waals surface area contributed by atoms with E-state index in [9.17, 15) is 9.59 Å². The summed E-state index contributed by atoms with van der Waals surface area (Å²) in [6.45, 7) is 2.97. The van der Waals surface area contributed by atoms with Crippen molar-refractivity contribution in [3.8, 4) is 11.5 Å². The summed E-state index contributed by atoms with van der Waals surface area (Å²) in [6, 6.07) is 11.0. The number of carbonyl (C=O) groups is 2. The SMILES string of the molecule is COc1ccccc1OCC(=O)N1CCN(CC(=O)c2cccs2)CC1. The van der Waals surface area contributed by atoms with Crippen LogP contribution in [0.1, 0.15) is 9.67 Å². The fraction of sp³-hybridized carbons (Fsp3) is 0.368. The zero-order chi connectivity index (χ0) is 18.4. The number of hydrogen-bond acceptors (Lipinski definition) is 6. The predicted molar refractivity (Wildman–Crippen MR) is 100 cm³/mol. The Morgan fingerprint density at radius 2 is 1.77 bits per heavy atom. The molecule has 0 saturated carbocycles. The number of Topliss-reactive ketones (excluding diaryl/α,β-unsaturated/α-hetero) is 1. The summed E-state index contributed by atoms with van der Waals surface area (Å²) in [5, 5.41) is 1.91. The van der Waals surface area contributed by atoms with Gasteiger partial charge in [0.2, 0.25) is 0 Å². The van der Waals surface area contributed by atoms with Gasteiger partial charge in [-0.2, -0.15) is 0 Å². The molecule has 26 heavy (non-hydrogen) atoms. The number of ether oxygens (including phenoxy) is 2. The fourth-order valence-corrected chi connectivity index (χ4v) is 3.50. The van der Waals surface area contributed by atoms with Gasteiger partial charge in [0.15, 0.2) is 23.9 Å². The molecule has 0 unspecified atom stereocenters. The van der Waals surface area contributed by atoms with Crippen LogP contribution in [0, 0.1) is 0 Å². The lowest BCUT2D eigenvalue weighted by Crippen LogP contribution is -2.50. The number of carbonyl (C=O) groups excluding carboxylic acids is 2. The van der Waals surface area contributed by atoms with Crippen molar-refractivity contribution in [3.05, 3.63) is 46.7 Å². The van der Waals surface area contributed by atoms with Gasteiger partial charge in [-0.1, -0.05) is 18.2 Å². The topological polar surface area (TPSA) is 59.1 Å². The van der Waals surface area contributed by atoms with Crippen LogP contribution in [0.3, 0.4) is 0 Å². The van der Waals surface area contributed by atoms with Gasteiger partial charge in [0, 0.05) is 26.2 Å². The average Bonchev–Trinajstić information content (AvgIpc) is 3.22. The Morgan fingerprint density at radius 3 is 2.42 bits per heavy atom. The third-order valence-electron chi connectivity index (χ3n) is 4.31. The second kappa shape index (κ2) is 8.82. The maximum atomic E-state index is 12.4. The van der Waals surface area contributed by atoms with Crippen LogP contribution in [0.15, 0.2) is 41.8 Å². The van der Waals surface area contributed by atoms with Crippen molar-refractivity contribution in [2.24, 2.45) is 0 Å². The first-order valence-electron chi connectivity index (χ1n) is 8.50. The largest absolute Gasteiger partial charge is 0.493 e. The standard InChI is InChI=1S/C19H22N2O4S/c1-24-16-5-2-3-6-17(16)25-14-19(23)21-10-8-20(9-11-21)13-15(22)18-7-4-12-26-18/h2-7,12H,8-11,13-14H2,1H3. The summed E-state index contributed by atoms with van der Waals surface area (Å²) in [6.07, 6.45) is 0. The quantitative estimate of drug-likeness (QED) is 0.695. The number of benzene rings is 1. The zero-order valence-corrected chi connectivity index (χ0v) is 15.5. The Hall–Kier alpha value is -2.38. The van der Waals surface area contributed by atoms with E-state index < -0.39 is 0 Å². The first-order valence-corrected chi connectivity index (χ1v) is 9.38. The van der Waals surface area contributed by atoms with Crippen LogP contribution in [0.5, 0.6) is 11.5 Å². The van der Waals surface area contributed by atoms with E-state index in [2.05, 4.69) is 4.90 Å². The lowest BCUT2D eigenvalue weighted by molar-refractivity contribution is -0.135. The molecule has 1 saturated heterocycles. The number of ketones is 1. The van der Waals surface area contributed by atoms with E-state index in [0.717, 1.165) is 4.88 Å². The molecule has 3 rings (SSSR count). The van der Waals surface area contributed by atoms with Crippen LogP contribution < -0.4 is 9.47 Å². The fourth-order valence-electron chi connectivity index (χ4n) is 2.84. The molecular formula is C19H22N2O4S. The zero-order valence-electron chi connectivity index (χ0n) is 14.7. The molecule has 1 aromatic heterocycles. The molecule has 2 aromatic rings. The monoisotopic (exact) mass is 374 g/mol. The van der Waals surface area contributed by atoms with Gasteiger partial charge in [0.25, 0.3) is 5.91 Å². The van der Waals surface area contributed by atoms with Crippen molar-refractivity contribution < 1.29 is 19.1 Å². The van der Waals surface area contributed by atoms with Gasteiger partial charge in [-0.05, 0) is 23.6 Å². The van der Waals surface area contributed by atoms with Gasteiger partial charge < -0.3 is 14.4 Å². The maximum Gasteiger partial charge on any atom is 0.260 e. The highest BCUT2D eigenvalue weighted by Gasteiger charge is 2.23. The van der Waals surface area contributed by atoms with Crippen LogP contribution in [0.2, 0.25) is 0 Å². The minimum absolute atomic E-state index is 0.0193. The molecule has 1 aliphatic rings. The van der Waals surface area contributed by atoms with Crippen molar-refractivity contribution in [3.63, 3.8) is 0 Å². The molecule has 0 atom stereocenters. The Morgan fingerprint density at radius 1 is 1.04 bits per heavy atom. The van der Waals surface area contributed by atoms with E-state index in [-0.39, 0.29) is 18.3 Å². The number of para-hydroxylation sites is 2. The molecule has 1 amide bonds. The van der Waals surface area contributed by atoms with Crippen molar-refractivity contribution in [1.29, 1.82) is 0 Å². The van der Waals surface area contributed by atoms with E-state index in [1.54, 1.807) is 24.1 Å². The molecule has 0 bridgehead atoms. The molecule has 0 radical (unpaired) electrons. The lowest BCUT2D eigenvalue weighted by Gasteiger charge is -2.34. The molecule has 7 heteroatoms. The van der Waals surface area contributed by atoms with Gasteiger partial charge in [-0.3, -0.25) is 14.5 Å². The molecule has 138 valence electrons. The average molecular weight is 374 g/mol. The minimum Gasteiger partial charge on any atom is -0.493 e. The van der Waals surface area contributed by atoms with Crippen LogP contribution >= 0.6 is 11.3 Å². The second-order valence-corrected chi connectivity index (χ2v) is 6.94. The van der Waals surface area contributed by atoms with Gasteiger partial charge in [-0.15, -0.1) is 11.3 Å². The normalized spacial score (nSPS) is 14.9. The highest BCUT2D eigenvalue weighted by molar-refractivity contribution is 7.12. The van der Waals surface area contributed by atoms with Crippen LogP contribution in [-0.2, 0) is 4.79 Å². The highest BCUT2D eigenvalue weighted by atomic mass is 32.1. The van der Waals surface area contributed by atoms with Crippen LogP contribution in [0.25, 0.3) is 0 Å². The molecule has 0 aliphatic carbocycles. The highest BCUT2D eigenvalue weighted by Crippen LogP contribution is 2.25. The van der Waals surface area contributed by atoms with Gasteiger partial charge >= 0.3 is 0 Å². The Bertz CT molecular complexity index is 740. The van der Waals surface area contributed by atoms with Crippen LogP contribution in [0.4, 0.5) is 0 Å². The lowest BCUT2D eigenvalue weighted by atomic mass is 10.2. The summed E-state index contributed by atoms with van der Waals surface area (Å²) >= 11 is 1.47. The third-order valence-corrected chi connectivity index (χ3v) is 5.22. The molecular weight excluding hydrogens is 352 g/mol. The molecule has 1 fully saturated rings.